The van der Waals surface area contributed by atoms with Gasteiger partial charge in [0, 0.05) is 0 Å². The Morgan fingerprint density at radius 1 is 1.05 bits per heavy atom. The number of ether oxygens (including phenoxy) is 2. The zero-order chi connectivity index (χ0) is 14.4. The van der Waals surface area contributed by atoms with Crippen molar-refractivity contribution in [2.75, 3.05) is 6.61 Å². The van der Waals surface area contributed by atoms with Crippen LogP contribution in [-0.4, -0.2) is 6.61 Å². The Labute approximate surface area is 119 Å². The lowest BCUT2D eigenvalue weighted by molar-refractivity contribution is 0.317. The van der Waals surface area contributed by atoms with Gasteiger partial charge < -0.3 is 9.47 Å². The first-order valence-corrected chi connectivity index (χ1v) is 6.64. The molecule has 0 aliphatic rings. The van der Waals surface area contributed by atoms with Gasteiger partial charge in [-0.15, -0.1) is 0 Å². The summed E-state index contributed by atoms with van der Waals surface area (Å²) < 4.78 is 11.3. The molecule has 0 heterocycles. The molecule has 3 heteroatoms. The summed E-state index contributed by atoms with van der Waals surface area (Å²) in [6.07, 6.45) is 0.979. The number of benzene rings is 2. The van der Waals surface area contributed by atoms with Crippen molar-refractivity contribution >= 4 is 0 Å². The molecule has 0 aromatic heterocycles. The SMILES string of the molecule is CCCOc1ccc(Oc2cc(C)ccc2C#N)cc1. The van der Waals surface area contributed by atoms with Crippen molar-refractivity contribution in [1.29, 1.82) is 5.26 Å². The van der Waals surface area contributed by atoms with Gasteiger partial charge in [-0.3, -0.25) is 0 Å². The van der Waals surface area contributed by atoms with E-state index in [0.717, 1.165) is 17.7 Å². The molecule has 2 aromatic rings. The molecule has 0 atom stereocenters. The lowest BCUT2D eigenvalue weighted by Gasteiger charge is -2.09. The summed E-state index contributed by atoms with van der Waals surface area (Å²) in [5.74, 6) is 2.09. The Morgan fingerprint density at radius 3 is 2.40 bits per heavy atom. The van der Waals surface area contributed by atoms with Crippen molar-refractivity contribution in [1.82, 2.24) is 0 Å². The predicted molar refractivity (Wildman–Crippen MR) is 78.2 cm³/mol. The third kappa shape index (κ3) is 3.52. The van der Waals surface area contributed by atoms with Gasteiger partial charge in [-0.25, -0.2) is 0 Å². The van der Waals surface area contributed by atoms with E-state index in [0.29, 0.717) is 23.7 Å². The summed E-state index contributed by atoms with van der Waals surface area (Å²) in [5.41, 5.74) is 1.59. The molecule has 0 unspecified atom stereocenters. The van der Waals surface area contributed by atoms with Crippen LogP contribution in [0.4, 0.5) is 0 Å². The van der Waals surface area contributed by atoms with E-state index in [1.54, 1.807) is 6.07 Å². The molecule has 3 nitrogen and oxygen atoms in total. The zero-order valence-corrected chi connectivity index (χ0v) is 11.7. The standard InChI is InChI=1S/C17H17NO2/c1-3-10-19-15-6-8-16(9-7-15)20-17-11-13(2)4-5-14(17)12-18/h4-9,11H,3,10H2,1-2H3. The normalized spacial score (nSPS) is 9.85. The van der Waals surface area contributed by atoms with E-state index in [1.165, 1.54) is 0 Å². The molecule has 2 rings (SSSR count). The number of rotatable bonds is 5. The average Bonchev–Trinajstić information content (AvgIpc) is 2.47. The van der Waals surface area contributed by atoms with Gasteiger partial charge in [0.2, 0.25) is 0 Å². The molecule has 2 aromatic carbocycles. The Bertz CT molecular complexity index is 612. The first kappa shape index (κ1) is 14.0. The van der Waals surface area contributed by atoms with E-state index < -0.39 is 0 Å². The number of nitriles is 1. The highest BCUT2D eigenvalue weighted by molar-refractivity contribution is 5.47. The molecular formula is C17H17NO2. The summed E-state index contributed by atoms with van der Waals surface area (Å²) in [6.45, 7) is 4.74. The molecule has 20 heavy (non-hydrogen) atoms. The molecule has 0 saturated heterocycles. The summed E-state index contributed by atoms with van der Waals surface area (Å²) in [5, 5.41) is 9.08. The summed E-state index contributed by atoms with van der Waals surface area (Å²) in [6, 6.07) is 15.1. The molecule has 0 aliphatic carbocycles. The highest BCUT2D eigenvalue weighted by atomic mass is 16.5. The molecule has 0 spiro atoms. The number of nitrogens with zero attached hydrogens (tertiary/aromatic N) is 1. The maximum atomic E-state index is 9.08. The van der Waals surface area contributed by atoms with Crippen LogP contribution in [-0.2, 0) is 0 Å². The Hall–Kier alpha value is -2.47. The number of hydrogen-bond acceptors (Lipinski definition) is 3. The van der Waals surface area contributed by atoms with Crippen LogP contribution in [0.1, 0.15) is 24.5 Å². The number of hydrogen-bond donors (Lipinski definition) is 0. The largest absolute Gasteiger partial charge is 0.494 e. The van der Waals surface area contributed by atoms with Gasteiger partial charge in [0.05, 0.1) is 12.2 Å². The Morgan fingerprint density at radius 2 is 1.75 bits per heavy atom. The highest BCUT2D eigenvalue weighted by Crippen LogP contribution is 2.27. The second kappa shape index (κ2) is 6.63. The molecule has 0 fully saturated rings. The first-order chi connectivity index (χ1) is 9.72. The first-order valence-electron chi connectivity index (χ1n) is 6.64. The fraction of sp³-hybridized carbons (Fsp3) is 0.235. The lowest BCUT2D eigenvalue weighted by Crippen LogP contribution is -1.94. The molecule has 102 valence electrons. The minimum Gasteiger partial charge on any atom is -0.494 e. The second-order valence-electron chi connectivity index (χ2n) is 4.53. The third-order valence-corrected chi connectivity index (χ3v) is 2.78. The van der Waals surface area contributed by atoms with Crippen LogP contribution in [0.15, 0.2) is 42.5 Å². The van der Waals surface area contributed by atoms with Gasteiger partial charge in [-0.05, 0) is 55.3 Å². The van der Waals surface area contributed by atoms with Crippen LogP contribution in [0.25, 0.3) is 0 Å². The smallest absolute Gasteiger partial charge is 0.145 e. The van der Waals surface area contributed by atoms with Crippen LogP contribution in [0.2, 0.25) is 0 Å². The molecule has 0 amide bonds. The maximum Gasteiger partial charge on any atom is 0.145 e. The minimum atomic E-state index is 0.530. The molecule has 0 bridgehead atoms. The fourth-order valence-electron chi connectivity index (χ4n) is 1.76. The van der Waals surface area contributed by atoms with Gasteiger partial charge in [0.1, 0.15) is 23.3 Å². The van der Waals surface area contributed by atoms with Gasteiger partial charge in [0.15, 0.2) is 0 Å². The van der Waals surface area contributed by atoms with Crippen LogP contribution >= 0.6 is 0 Å². The van der Waals surface area contributed by atoms with Gasteiger partial charge in [-0.2, -0.15) is 5.26 Å². The highest BCUT2D eigenvalue weighted by Gasteiger charge is 2.05. The van der Waals surface area contributed by atoms with E-state index in [2.05, 4.69) is 13.0 Å². The Kier molecular flexibility index (Phi) is 4.62. The molecule has 0 radical (unpaired) electrons. The Balaban J connectivity index is 2.14. The second-order valence-corrected chi connectivity index (χ2v) is 4.53. The van der Waals surface area contributed by atoms with Crippen molar-refractivity contribution in [3.63, 3.8) is 0 Å². The monoisotopic (exact) mass is 267 g/mol. The van der Waals surface area contributed by atoms with Gasteiger partial charge >= 0.3 is 0 Å². The van der Waals surface area contributed by atoms with Gasteiger partial charge in [-0.1, -0.05) is 13.0 Å². The van der Waals surface area contributed by atoms with E-state index in [9.17, 15) is 0 Å². The molecule has 0 saturated carbocycles. The third-order valence-electron chi connectivity index (χ3n) is 2.78. The minimum absolute atomic E-state index is 0.530. The van der Waals surface area contributed by atoms with Crippen molar-refractivity contribution in [3.05, 3.63) is 53.6 Å². The topological polar surface area (TPSA) is 42.2 Å². The van der Waals surface area contributed by atoms with Crippen molar-refractivity contribution in [2.45, 2.75) is 20.3 Å². The molecule has 0 N–H and O–H groups in total. The molecular weight excluding hydrogens is 250 g/mol. The maximum absolute atomic E-state index is 9.08. The number of aryl methyl sites for hydroxylation is 1. The summed E-state index contributed by atoms with van der Waals surface area (Å²) in [4.78, 5) is 0. The van der Waals surface area contributed by atoms with Crippen molar-refractivity contribution < 1.29 is 9.47 Å². The fourth-order valence-corrected chi connectivity index (χ4v) is 1.76. The predicted octanol–water partition coefficient (Wildman–Crippen LogP) is 4.45. The zero-order valence-electron chi connectivity index (χ0n) is 11.7. The van der Waals surface area contributed by atoms with Crippen LogP contribution in [0.5, 0.6) is 17.2 Å². The van der Waals surface area contributed by atoms with Crippen molar-refractivity contribution in [2.24, 2.45) is 0 Å². The average molecular weight is 267 g/mol. The molecule has 0 aliphatic heterocycles. The lowest BCUT2D eigenvalue weighted by atomic mass is 10.1. The van der Waals surface area contributed by atoms with E-state index in [1.807, 2.05) is 43.3 Å². The van der Waals surface area contributed by atoms with Crippen LogP contribution < -0.4 is 9.47 Å². The van der Waals surface area contributed by atoms with E-state index in [4.69, 9.17) is 14.7 Å². The van der Waals surface area contributed by atoms with E-state index in [-0.39, 0.29) is 0 Å². The quantitative estimate of drug-likeness (QED) is 0.803. The van der Waals surface area contributed by atoms with Crippen molar-refractivity contribution in [3.8, 4) is 23.3 Å². The van der Waals surface area contributed by atoms with E-state index >= 15 is 0 Å². The summed E-state index contributed by atoms with van der Waals surface area (Å²) >= 11 is 0. The van der Waals surface area contributed by atoms with Gasteiger partial charge in [0.25, 0.3) is 0 Å². The van der Waals surface area contributed by atoms with Crippen LogP contribution in [0, 0.1) is 18.3 Å². The van der Waals surface area contributed by atoms with Crippen LogP contribution in [0.3, 0.4) is 0 Å². The summed E-state index contributed by atoms with van der Waals surface area (Å²) in [7, 11) is 0.